The van der Waals surface area contributed by atoms with Gasteiger partial charge < -0.3 is 41.0 Å². The number of sulfone groups is 2. The number of aryl methyl sites for hydroxylation is 4. The Hall–Kier alpha value is -6.31. The molecular formula is C60H77Cl3N14O8S2. The molecule has 2 aliphatic heterocycles. The van der Waals surface area contributed by atoms with Gasteiger partial charge in [0.15, 0.2) is 11.6 Å². The monoisotopic (exact) mass is 1290 g/mol. The second kappa shape index (κ2) is 26.8. The molecule has 0 unspecified atom stereocenters. The van der Waals surface area contributed by atoms with Gasteiger partial charge in [0.25, 0.3) is 0 Å². The number of amides is 1. The number of carbonyl (C=O) groups excluding carboxylic acids is 2. The van der Waals surface area contributed by atoms with Crippen LogP contribution in [-0.2, 0) is 43.4 Å². The average molecular weight is 1290 g/mol. The number of aromatic nitrogens is 8. The highest BCUT2D eigenvalue weighted by Gasteiger charge is 2.37. The zero-order valence-electron chi connectivity index (χ0n) is 50.3. The summed E-state index contributed by atoms with van der Waals surface area (Å²) < 4.78 is 67.0. The van der Waals surface area contributed by atoms with E-state index in [0.717, 1.165) is 132 Å². The SMILES string of the molecule is Cc1cc(Nc2ncc(Cl)c(Nc3cn(C)nc3S(=O)(=O)C(C)C)n2)c(OC2CC2)cc1C1CCN(C(=O)C2CC2)CC1.Cc1cc(Nc2ncc(Cl)c(Nc3cn(C)nc3S(=O)(=O)C(C)C)n2)c(OC2CC2)cc1C1CCNCC1.O=C(Cl)C1CC1. The van der Waals surface area contributed by atoms with Crippen molar-refractivity contribution < 1.29 is 35.9 Å². The predicted octanol–water partition coefficient (Wildman–Crippen LogP) is 11.5. The van der Waals surface area contributed by atoms with Crippen molar-refractivity contribution in [3.8, 4) is 11.5 Å². The number of halogens is 3. The molecule has 0 radical (unpaired) electrons. The summed E-state index contributed by atoms with van der Waals surface area (Å²) in [4.78, 5) is 42.4. The van der Waals surface area contributed by atoms with Gasteiger partial charge in [-0.15, -0.1) is 0 Å². The standard InChI is InChI=1S/C30H38ClN7O4S.C26H34ClN7O3S.C4H5ClO/c1-17(2)43(40,41)28-25(16-37(4)36-28)33-27-23(31)15-32-30(35-27)34-24-13-18(3)22(14-26(24)42-21-7-8-21)19-9-11-38(12-10-19)29(39)20-5-6-20;1-15(2)38(35,36)25-22(14-34(4)33-25)30-24-20(27)13-29-26(32-24)31-21-11-16(3)19(17-7-9-28-10-8-17)12-23(21)37-18-5-6-18;5-4(6)3-1-2-3/h13-17,19-21H,5-12H2,1-4H3,(H2,32,33,34,35);11-15,17-18,28H,5-10H2,1-4H3,(H2,29,30,31,32);3H,1-2H2. The summed E-state index contributed by atoms with van der Waals surface area (Å²) in [5.41, 5.74) is 6.99. The van der Waals surface area contributed by atoms with Crippen molar-refractivity contribution in [2.75, 3.05) is 47.4 Å². The Balaban J connectivity index is 0.000000176. The first-order chi connectivity index (χ1) is 41.4. The first-order valence-electron chi connectivity index (χ1n) is 29.9. The number of piperidine rings is 2. The van der Waals surface area contributed by atoms with Crippen LogP contribution in [-0.4, -0.2) is 121 Å². The highest BCUT2D eigenvalue weighted by Crippen LogP contribution is 2.43. The predicted molar refractivity (Wildman–Crippen MR) is 338 cm³/mol. The summed E-state index contributed by atoms with van der Waals surface area (Å²) in [5, 5.41) is 23.4. The van der Waals surface area contributed by atoms with Gasteiger partial charge >= 0.3 is 0 Å². The maximum absolute atomic E-state index is 12.9. The van der Waals surface area contributed by atoms with Crippen LogP contribution in [0.4, 0.5) is 46.3 Å². The van der Waals surface area contributed by atoms with E-state index in [9.17, 15) is 26.4 Å². The van der Waals surface area contributed by atoms with Crippen molar-refractivity contribution in [1.82, 2.24) is 49.7 Å². The van der Waals surface area contributed by atoms with Gasteiger partial charge in [-0.1, -0.05) is 23.2 Å². The fourth-order valence-corrected chi connectivity index (χ4v) is 13.0. The topological polar surface area (TPSA) is 271 Å². The molecule has 468 valence electrons. The zero-order chi connectivity index (χ0) is 62.1. The highest BCUT2D eigenvalue weighted by atomic mass is 35.5. The van der Waals surface area contributed by atoms with Crippen molar-refractivity contribution in [3.05, 3.63) is 81.4 Å². The molecule has 2 saturated heterocycles. The van der Waals surface area contributed by atoms with Crippen LogP contribution in [0.2, 0.25) is 10.0 Å². The van der Waals surface area contributed by atoms with Crippen molar-refractivity contribution in [1.29, 1.82) is 0 Å². The molecule has 4 aromatic heterocycles. The average Bonchev–Trinajstić information content (AvgIpc) is 2.13. The number of hydrogen-bond acceptors (Lipinski definition) is 19. The molecule has 0 atom stereocenters. The number of anilines is 8. The Kier molecular flexibility index (Phi) is 19.6. The van der Waals surface area contributed by atoms with Crippen molar-refractivity contribution in [3.63, 3.8) is 0 Å². The van der Waals surface area contributed by atoms with E-state index in [1.807, 2.05) is 4.90 Å². The number of nitrogens with zero attached hydrogens (tertiary/aromatic N) is 9. The molecule has 0 spiro atoms. The van der Waals surface area contributed by atoms with Gasteiger partial charge in [-0.2, -0.15) is 20.2 Å². The number of carbonyl (C=O) groups is 2. The van der Waals surface area contributed by atoms with E-state index in [1.54, 1.807) is 54.2 Å². The number of hydrogen-bond donors (Lipinski definition) is 5. The van der Waals surface area contributed by atoms with Gasteiger partial charge in [0.05, 0.1) is 57.9 Å². The number of rotatable bonds is 20. The zero-order valence-corrected chi connectivity index (χ0v) is 54.2. The lowest BCUT2D eigenvalue weighted by Crippen LogP contribution is -2.38. The summed E-state index contributed by atoms with van der Waals surface area (Å²) >= 11 is 17.9. The summed E-state index contributed by atoms with van der Waals surface area (Å²) in [5.74, 6) is 4.31. The molecule has 6 heterocycles. The molecule has 2 aromatic carbocycles. The third kappa shape index (κ3) is 15.9. The molecule has 27 heteroatoms. The maximum Gasteiger partial charge on any atom is 0.229 e. The lowest BCUT2D eigenvalue weighted by Gasteiger charge is -2.33. The Labute approximate surface area is 523 Å². The molecule has 6 aliphatic rings. The van der Waals surface area contributed by atoms with Gasteiger partial charge in [0, 0.05) is 51.4 Å². The van der Waals surface area contributed by atoms with Crippen LogP contribution < -0.4 is 36.1 Å². The number of likely N-dealkylation sites (tertiary alicyclic amines) is 1. The molecule has 5 N–H and O–H groups in total. The quantitative estimate of drug-likeness (QED) is 0.0444. The third-order valence-corrected chi connectivity index (χ3v) is 21.1. The number of benzene rings is 2. The minimum absolute atomic E-state index is 0.0524. The minimum Gasteiger partial charge on any atom is -0.488 e. The van der Waals surface area contributed by atoms with Crippen molar-refractivity contribution in [2.45, 2.75) is 163 Å². The Morgan fingerprint density at radius 2 is 1.00 bits per heavy atom. The van der Waals surface area contributed by atoms with Crippen LogP contribution in [0.1, 0.15) is 139 Å². The van der Waals surface area contributed by atoms with Gasteiger partial charge in [0.2, 0.25) is 52.8 Å². The Bertz CT molecular complexity index is 3740. The molecule has 87 heavy (non-hydrogen) atoms. The molecule has 12 rings (SSSR count). The fourth-order valence-electron chi connectivity index (χ4n) is 10.4. The second-order valence-corrected chi connectivity index (χ2v) is 30.1. The van der Waals surface area contributed by atoms with Crippen LogP contribution >= 0.6 is 34.8 Å². The van der Waals surface area contributed by atoms with E-state index < -0.39 is 30.2 Å². The lowest BCUT2D eigenvalue weighted by molar-refractivity contribution is -0.133. The third-order valence-electron chi connectivity index (χ3n) is 16.1. The first kappa shape index (κ1) is 63.7. The van der Waals surface area contributed by atoms with E-state index in [4.69, 9.17) is 44.3 Å². The summed E-state index contributed by atoms with van der Waals surface area (Å²) in [6.45, 7) is 14.3. The summed E-state index contributed by atoms with van der Waals surface area (Å²) in [7, 11) is -3.95. The Morgan fingerprint density at radius 1 is 0.586 bits per heavy atom. The van der Waals surface area contributed by atoms with E-state index >= 15 is 0 Å². The van der Waals surface area contributed by atoms with Gasteiger partial charge in [-0.25, -0.2) is 26.8 Å². The molecule has 0 bridgehead atoms. The maximum atomic E-state index is 12.9. The fraction of sp³-hybridized carbons (Fsp3) is 0.533. The van der Waals surface area contributed by atoms with Gasteiger partial charge in [0.1, 0.15) is 21.5 Å². The largest absolute Gasteiger partial charge is 0.488 e. The first-order valence-corrected chi connectivity index (χ1v) is 34.1. The van der Waals surface area contributed by atoms with Crippen LogP contribution in [0.15, 0.2) is 59.1 Å². The van der Waals surface area contributed by atoms with Crippen LogP contribution in [0.3, 0.4) is 0 Å². The minimum atomic E-state index is -3.65. The smallest absolute Gasteiger partial charge is 0.229 e. The van der Waals surface area contributed by atoms with Crippen LogP contribution in [0.5, 0.6) is 11.5 Å². The molecule has 6 aromatic rings. The molecular weight excluding hydrogens is 1220 g/mol. The summed E-state index contributed by atoms with van der Waals surface area (Å²) in [6.07, 6.45) is 18.8. The highest BCUT2D eigenvalue weighted by molar-refractivity contribution is 7.92. The molecule has 22 nitrogen and oxygen atoms in total. The van der Waals surface area contributed by atoms with Crippen molar-refractivity contribution >= 4 is 112 Å². The van der Waals surface area contributed by atoms with E-state index in [0.29, 0.717) is 29.4 Å². The number of nitrogens with one attached hydrogen (secondary N) is 5. The molecule has 4 saturated carbocycles. The molecule has 1 amide bonds. The van der Waals surface area contributed by atoms with Crippen molar-refractivity contribution in [2.24, 2.45) is 25.9 Å². The van der Waals surface area contributed by atoms with E-state index in [-0.39, 0.29) is 72.7 Å². The van der Waals surface area contributed by atoms with E-state index in [2.05, 4.69) is 94.8 Å². The summed E-state index contributed by atoms with van der Waals surface area (Å²) in [6, 6.07) is 8.45. The van der Waals surface area contributed by atoms with E-state index in [1.165, 1.54) is 38.4 Å². The lowest BCUT2D eigenvalue weighted by atomic mass is 9.86. The normalized spacial score (nSPS) is 17.5. The van der Waals surface area contributed by atoms with Gasteiger partial charge in [-0.3, -0.25) is 19.0 Å². The second-order valence-electron chi connectivity index (χ2n) is 24.0. The molecule has 6 fully saturated rings. The van der Waals surface area contributed by atoms with Crippen LogP contribution in [0.25, 0.3) is 0 Å². The molecule has 4 aliphatic carbocycles. The Morgan fingerprint density at radius 3 is 1.37 bits per heavy atom. The van der Waals surface area contributed by atoms with Gasteiger partial charge in [-0.05, 0) is 202 Å². The van der Waals surface area contributed by atoms with Crippen LogP contribution in [0, 0.1) is 25.7 Å². The number of ether oxygens (including phenoxy) is 2.